The molecule has 0 saturated heterocycles. The van der Waals surface area contributed by atoms with Crippen molar-refractivity contribution < 1.29 is 23.1 Å². The van der Waals surface area contributed by atoms with Gasteiger partial charge in [-0.25, -0.2) is 0 Å². The van der Waals surface area contributed by atoms with Gasteiger partial charge in [-0.3, -0.25) is 4.79 Å². The van der Waals surface area contributed by atoms with E-state index in [4.69, 9.17) is 10.8 Å². The molecule has 0 aliphatic heterocycles. The lowest BCUT2D eigenvalue weighted by molar-refractivity contribution is -0.137. The van der Waals surface area contributed by atoms with E-state index in [-0.39, 0.29) is 17.9 Å². The number of nitrogen functional groups attached to an aromatic ring is 1. The number of alkyl halides is 3. The molecule has 0 aliphatic rings. The summed E-state index contributed by atoms with van der Waals surface area (Å²) in [7, 11) is 1.51. The van der Waals surface area contributed by atoms with E-state index < -0.39 is 17.6 Å². The Bertz CT molecular complexity index is 490. The van der Waals surface area contributed by atoms with Gasteiger partial charge in [0.05, 0.1) is 11.1 Å². The Morgan fingerprint density at radius 3 is 2.52 bits per heavy atom. The summed E-state index contributed by atoms with van der Waals surface area (Å²) in [6.45, 7) is 0.479. The van der Waals surface area contributed by atoms with Crippen LogP contribution in [0.5, 0.6) is 0 Å². The lowest BCUT2D eigenvalue weighted by Crippen LogP contribution is -2.28. The highest BCUT2D eigenvalue weighted by molar-refractivity contribution is 5.99. The number of carbonyl (C=O) groups excluding carboxylic acids is 1. The van der Waals surface area contributed by atoms with Gasteiger partial charge >= 0.3 is 6.18 Å². The molecule has 1 amide bonds. The highest BCUT2D eigenvalue weighted by Gasteiger charge is 2.31. The number of amides is 1. The van der Waals surface area contributed by atoms with Gasteiger partial charge in [0.15, 0.2) is 0 Å². The zero-order valence-electron chi connectivity index (χ0n) is 11.8. The van der Waals surface area contributed by atoms with Crippen LogP contribution in [0, 0.1) is 0 Å². The number of nitrogens with zero attached hydrogens (tertiary/aromatic N) is 1. The van der Waals surface area contributed by atoms with Crippen molar-refractivity contribution in [2.45, 2.75) is 25.4 Å². The van der Waals surface area contributed by atoms with Gasteiger partial charge in [0.1, 0.15) is 0 Å². The molecule has 4 nitrogen and oxygen atoms in total. The lowest BCUT2D eigenvalue weighted by Gasteiger charge is -2.19. The summed E-state index contributed by atoms with van der Waals surface area (Å²) in [5.74, 6) is -0.539. The molecule has 0 radical (unpaired) electrons. The molecule has 0 atom stereocenters. The number of anilines is 1. The van der Waals surface area contributed by atoms with Crippen molar-refractivity contribution in [3.05, 3.63) is 29.3 Å². The third-order valence-electron chi connectivity index (χ3n) is 3.11. The first-order valence-corrected chi connectivity index (χ1v) is 6.60. The molecular weight excluding hydrogens is 285 g/mol. The Kier molecular flexibility index (Phi) is 6.02. The highest BCUT2D eigenvalue weighted by atomic mass is 19.4. The molecule has 1 rings (SSSR count). The van der Waals surface area contributed by atoms with Crippen molar-refractivity contribution in [1.29, 1.82) is 0 Å². The Balaban J connectivity index is 2.81. The second-order valence-electron chi connectivity index (χ2n) is 4.81. The third-order valence-corrected chi connectivity index (χ3v) is 3.11. The monoisotopic (exact) mass is 304 g/mol. The van der Waals surface area contributed by atoms with E-state index in [0.717, 1.165) is 24.6 Å². The van der Waals surface area contributed by atoms with E-state index in [1.165, 1.54) is 11.9 Å². The predicted octanol–water partition coefficient (Wildman–Crippen LogP) is 2.52. The van der Waals surface area contributed by atoms with Gasteiger partial charge in [0.25, 0.3) is 5.91 Å². The maximum absolute atomic E-state index is 12.7. The molecule has 0 unspecified atom stereocenters. The van der Waals surface area contributed by atoms with Crippen molar-refractivity contribution in [2.75, 3.05) is 25.9 Å². The minimum absolute atomic E-state index is 0.0233. The van der Waals surface area contributed by atoms with E-state index in [2.05, 4.69) is 0 Å². The van der Waals surface area contributed by atoms with Crippen molar-refractivity contribution in [2.24, 2.45) is 0 Å². The van der Waals surface area contributed by atoms with Crippen LogP contribution in [0.1, 0.15) is 35.2 Å². The number of aliphatic hydroxyl groups excluding tert-OH is 1. The molecule has 0 aliphatic carbocycles. The number of nitrogens with two attached hydrogens (primary N) is 1. The zero-order valence-corrected chi connectivity index (χ0v) is 11.8. The average molecular weight is 304 g/mol. The molecule has 21 heavy (non-hydrogen) atoms. The number of benzene rings is 1. The first-order valence-electron chi connectivity index (χ1n) is 6.60. The largest absolute Gasteiger partial charge is 0.416 e. The minimum Gasteiger partial charge on any atom is -0.398 e. The second kappa shape index (κ2) is 7.31. The summed E-state index contributed by atoms with van der Waals surface area (Å²) in [5.41, 5.74) is 4.58. The standard InChI is InChI=1S/C14H19F3N2O2/c1-19(7-3-2-4-8-20)13(21)11-9-10(14(15,16)17)5-6-12(11)18/h5-6,9,20H,2-4,7-8,18H2,1H3. The Labute approximate surface area is 121 Å². The van der Waals surface area contributed by atoms with Crippen LogP contribution in [0.2, 0.25) is 0 Å². The molecule has 0 spiro atoms. The maximum atomic E-state index is 12.7. The van der Waals surface area contributed by atoms with E-state index in [9.17, 15) is 18.0 Å². The summed E-state index contributed by atoms with van der Waals surface area (Å²) >= 11 is 0. The summed E-state index contributed by atoms with van der Waals surface area (Å²) < 4.78 is 38.0. The van der Waals surface area contributed by atoms with E-state index in [1.807, 2.05) is 0 Å². The average Bonchev–Trinajstić information content (AvgIpc) is 2.42. The number of hydrogen-bond acceptors (Lipinski definition) is 3. The molecule has 0 bridgehead atoms. The second-order valence-corrected chi connectivity index (χ2v) is 4.81. The predicted molar refractivity (Wildman–Crippen MR) is 73.8 cm³/mol. The fourth-order valence-corrected chi connectivity index (χ4v) is 1.86. The van der Waals surface area contributed by atoms with Crippen LogP contribution < -0.4 is 5.73 Å². The molecule has 1 aromatic rings. The fraction of sp³-hybridized carbons (Fsp3) is 0.500. The van der Waals surface area contributed by atoms with Crippen LogP contribution in [0.4, 0.5) is 18.9 Å². The number of unbranched alkanes of at least 4 members (excludes halogenated alkanes) is 2. The normalized spacial score (nSPS) is 11.5. The lowest BCUT2D eigenvalue weighted by atomic mass is 10.1. The van der Waals surface area contributed by atoms with Gasteiger partial charge in [-0.05, 0) is 37.5 Å². The molecule has 3 N–H and O–H groups in total. The van der Waals surface area contributed by atoms with Crippen LogP contribution in [-0.4, -0.2) is 36.1 Å². The van der Waals surface area contributed by atoms with E-state index in [0.29, 0.717) is 19.4 Å². The molecule has 0 heterocycles. The van der Waals surface area contributed by atoms with Crippen LogP contribution in [0.15, 0.2) is 18.2 Å². The molecular formula is C14H19F3N2O2. The molecule has 118 valence electrons. The van der Waals surface area contributed by atoms with E-state index in [1.54, 1.807) is 0 Å². The van der Waals surface area contributed by atoms with Crippen LogP contribution in [-0.2, 0) is 6.18 Å². The highest BCUT2D eigenvalue weighted by Crippen LogP contribution is 2.31. The van der Waals surface area contributed by atoms with Crippen molar-refractivity contribution in [3.8, 4) is 0 Å². The third kappa shape index (κ3) is 4.93. The van der Waals surface area contributed by atoms with Crippen molar-refractivity contribution in [3.63, 3.8) is 0 Å². The van der Waals surface area contributed by atoms with Crippen LogP contribution in [0.25, 0.3) is 0 Å². The summed E-state index contributed by atoms with van der Waals surface area (Å²) in [6.07, 6.45) is -2.47. The molecule has 7 heteroatoms. The summed E-state index contributed by atoms with van der Waals surface area (Å²) in [6, 6.07) is 2.73. The van der Waals surface area contributed by atoms with Gasteiger partial charge in [-0.1, -0.05) is 0 Å². The summed E-state index contributed by atoms with van der Waals surface area (Å²) in [4.78, 5) is 13.5. The minimum atomic E-state index is -4.51. The van der Waals surface area contributed by atoms with E-state index >= 15 is 0 Å². The maximum Gasteiger partial charge on any atom is 0.416 e. The van der Waals surface area contributed by atoms with Gasteiger partial charge in [0, 0.05) is 25.9 Å². The Morgan fingerprint density at radius 2 is 1.95 bits per heavy atom. The zero-order chi connectivity index (χ0) is 16.0. The smallest absolute Gasteiger partial charge is 0.398 e. The Morgan fingerprint density at radius 1 is 1.29 bits per heavy atom. The van der Waals surface area contributed by atoms with Gasteiger partial charge in [-0.15, -0.1) is 0 Å². The number of halogens is 3. The van der Waals surface area contributed by atoms with Crippen LogP contribution in [0.3, 0.4) is 0 Å². The molecule has 0 aromatic heterocycles. The first-order chi connectivity index (χ1) is 9.77. The number of carbonyl (C=O) groups is 1. The quantitative estimate of drug-likeness (QED) is 0.627. The van der Waals surface area contributed by atoms with Gasteiger partial charge in [0.2, 0.25) is 0 Å². The SMILES string of the molecule is CN(CCCCCO)C(=O)c1cc(C(F)(F)F)ccc1N. The Hall–Kier alpha value is -1.76. The fourth-order valence-electron chi connectivity index (χ4n) is 1.86. The number of rotatable bonds is 6. The number of hydrogen-bond donors (Lipinski definition) is 2. The molecule has 0 saturated carbocycles. The van der Waals surface area contributed by atoms with Gasteiger partial charge in [-0.2, -0.15) is 13.2 Å². The van der Waals surface area contributed by atoms with Crippen LogP contribution >= 0.6 is 0 Å². The number of aliphatic hydroxyl groups is 1. The first kappa shape index (κ1) is 17.3. The topological polar surface area (TPSA) is 66.6 Å². The van der Waals surface area contributed by atoms with Crippen molar-refractivity contribution >= 4 is 11.6 Å². The molecule has 0 fully saturated rings. The van der Waals surface area contributed by atoms with Crippen molar-refractivity contribution in [1.82, 2.24) is 4.90 Å². The molecule has 1 aromatic carbocycles. The van der Waals surface area contributed by atoms with Gasteiger partial charge < -0.3 is 15.7 Å². The summed E-state index contributed by atoms with van der Waals surface area (Å²) in [5, 5.41) is 8.66.